The molecule has 0 aliphatic rings. The number of anilines is 1. The third-order valence-electron chi connectivity index (χ3n) is 4.75. The number of aryl methyl sites for hydroxylation is 3. The molecular formula is C24H24N2OS. The Bertz CT molecular complexity index is 988. The highest BCUT2D eigenvalue weighted by Crippen LogP contribution is 2.22. The van der Waals surface area contributed by atoms with Gasteiger partial charge in [0.25, 0.3) is 0 Å². The molecule has 1 heterocycles. The monoisotopic (exact) mass is 388 g/mol. The maximum Gasteiger partial charge on any atom is 0.238 e. The van der Waals surface area contributed by atoms with Crippen molar-refractivity contribution in [2.24, 2.45) is 0 Å². The molecule has 2 aromatic carbocycles. The van der Waals surface area contributed by atoms with E-state index >= 15 is 0 Å². The van der Waals surface area contributed by atoms with Crippen LogP contribution in [0.3, 0.4) is 0 Å². The van der Waals surface area contributed by atoms with Crippen LogP contribution in [-0.4, -0.2) is 4.99 Å². The lowest BCUT2D eigenvalue weighted by Gasteiger charge is -2.18. The SMILES string of the molecule is CCc1ccc(C([O-])=C(C(=S)Nc2c(C)cccc2C)[n+]2ccccc2)cc1. The van der Waals surface area contributed by atoms with Crippen LogP contribution >= 0.6 is 12.2 Å². The average molecular weight is 389 g/mol. The predicted molar refractivity (Wildman–Crippen MR) is 118 cm³/mol. The smallest absolute Gasteiger partial charge is 0.238 e. The third-order valence-corrected chi connectivity index (χ3v) is 5.04. The summed E-state index contributed by atoms with van der Waals surface area (Å²) in [6.07, 6.45) is 4.61. The van der Waals surface area contributed by atoms with Crippen molar-refractivity contribution in [2.45, 2.75) is 27.2 Å². The zero-order valence-electron chi connectivity index (χ0n) is 16.4. The van der Waals surface area contributed by atoms with Crippen molar-refractivity contribution in [3.63, 3.8) is 0 Å². The Kier molecular flexibility index (Phi) is 6.22. The first-order chi connectivity index (χ1) is 13.5. The first-order valence-electron chi connectivity index (χ1n) is 9.36. The van der Waals surface area contributed by atoms with Crippen molar-refractivity contribution in [1.29, 1.82) is 0 Å². The van der Waals surface area contributed by atoms with Gasteiger partial charge in [0.15, 0.2) is 17.4 Å². The van der Waals surface area contributed by atoms with Crippen molar-refractivity contribution in [1.82, 2.24) is 0 Å². The lowest BCUT2D eigenvalue weighted by atomic mass is 10.1. The Morgan fingerprint density at radius 3 is 2.11 bits per heavy atom. The van der Waals surface area contributed by atoms with E-state index in [0.29, 0.717) is 16.2 Å². The maximum absolute atomic E-state index is 13.4. The summed E-state index contributed by atoms with van der Waals surface area (Å²) in [6.45, 7) is 6.15. The van der Waals surface area contributed by atoms with Crippen LogP contribution in [0.4, 0.5) is 5.69 Å². The molecular weight excluding hydrogens is 364 g/mol. The standard InChI is InChI=1S/C24H24N2OS/c1-4-19-11-13-20(14-12-19)23(27)22(26-15-6-5-7-16-26)24(28)25-21-17(2)9-8-10-18(21)3/h5-16H,4H2,1-3H3,(H-,25,27,28). The minimum Gasteiger partial charge on any atom is -0.867 e. The summed E-state index contributed by atoms with van der Waals surface area (Å²) in [5.41, 5.74) is 5.35. The van der Waals surface area contributed by atoms with Crippen LogP contribution in [0.2, 0.25) is 0 Å². The van der Waals surface area contributed by atoms with E-state index in [-0.39, 0.29) is 5.76 Å². The molecule has 0 radical (unpaired) electrons. The van der Waals surface area contributed by atoms with Gasteiger partial charge in [0.05, 0.1) is 0 Å². The van der Waals surface area contributed by atoms with E-state index in [2.05, 4.69) is 12.2 Å². The fourth-order valence-electron chi connectivity index (χ4n) is 3.10. The van der Waals surface area contributed by atoms with Gasteiger partial charge in [-0.15, -0.1) is 0 Å². The van der Waals surface area contributed by atoms with Crippen LogP contribution in [0.25, 0.3) is 11.5 Å². The van der Waals surface area contributed by atoms with Gasteiger partial charge in [0.1, 0.15) is 0 Å². The van der Waals surface area contributed by atoms with Gasteiger partial charge in [-0.05, 0) is 48.3 Å². The molecule has 0 saturated heterocycles. The van der Waals surface area contributed by atoms with E-state index in [1.54, 1.807) is 4.57 Å². The van der Waals surface area contributed by atoms with E-state index in [1.807, 2.05) is 86.9 Å². The van der Waals surface area contributed by atoms with Gasteiger partial charge >= 0.3 is 0 Å². The summed E-state index contributed by atoms with van der Waals surface area (Å²) < 4.78 is 1.78. The Morgan fingerprint density at radius 2 is 1.54 bits per heavy atom. The van der Waals surface area contributed by atoms with Crippen molar-refractivity contribution in [3.05, 3.63) is 95.3 Å². The van der Waals surface area contributed by atoms with Gasteiger partial charge in [-0.2, -0.15) is 4.57 Å². The molecule has 3 nitrogen and oxygen atoms in total. The Balaban J connectivity index is 2.07. The second kappa shape index (κ2) is 8.81. The molecule has 28 heavy (non-hydrogen) atoms. The Labute approximate surface area is 172 Å². The number of aromatic nitrogens is 1. The molecule has 4 heteroatoms. The molecule has 0 atom stereocenters. The van der Waals surface area contributed by atoms with E-state index in [9.17, 15) is 5.11 Å². The molecule has 142 valence electrons. The zero-order chi connectivity index (χ0) is 20.1. The molecule has 0 amide bonds. The molecule has 0 fully saturated rings. The summed E-state index contributed by atoms with van der Waals surface area (Å²) in [6, 6.07) is 19.5. The number of nitrogens with zero attached hydrogens (tertiary/aromatic N) is 1. The minimum atomic E-state index is -0.109. The van der Waals surface area contributed by atoms with E-state index in [0.717, 1.165) is 23.2 Å². The number of benzene rings is 2. The highest BCUT2D eigenvalue weighted by molar-refractivity contribution is 7.81. The quantitative estimate of drug-likeness (QED) is 0.307. The highest BCUT2D eigenvalue weighted by atomic mass is 32.1. The largest absolute Gasteiger partial charge is 0.867 e. The average Bonchev–Trinajstić information content (AvgIpc) is 2.72. The van der Waals surface area contributed by atoms with Gasteiger partial charge in [-0.25, -0.2) is 0 Å². The first-order valence-corrected chi connectivity index (χ1v) is 9.77. The van der Waals surface area contributed by atoms with Gasteiger partial charge in [-0.3, -0.25) is 0 Å². The predicted octanol–water partition coefficient (Wildman–Crippen LogP) is 4.28. The van der Waals surface area contributed by atoms with E-state index in [1.165, 1.54) is 5.56 Å². The third kappa shape index (κ3) is 4.29. The number of hydrogen-bond donors (Lipinski definition) is 1. The molecule has 3 aromatic rings. The molecule has 0 unspecified atom stereocenters. The van der Waals surface area contributed by atoms with Crippen molar-refractivity contribution in [2.75, 3.05) is 5.32 Å². The summed E-state index contributed by atoms with van der Waals surface area (Å²) in [5.74, 6) is -0.109. The first kappa shape index (κ1) is 19.8. The zero-order valence-corrected chi connectivity index (χ0v) is 17.2. The molecule has 1 aromatic heterocycles. The molecule has 0 saturated carbocycles. The molecule has 0 aliphatic heterocycles. The number of nitrogens with one attached hydrogen (secondary N) is 1. The fourth-order valence-corrected chi connectivity index (χ4v) is 3.40. The number of thiocarbonyl (C=S) groups is 1. The maximum atomic E-state index is 13.4. The van der Waals surface area contributed by atoms with Crippen molar-refractivity contribution >= 4 is 34.3 Å². The number of hydrogen-bond acceptors (Lipinski definition) is 2. The molecule has 0 aliphatic carbocycles. The number of pyridine rings is 1. The molecule has 0 spiro atoms. The van der Waals surface area contributed by atoms with Gasteiger partial charge in [0, 0.05) is 17.8 Å². The topological polar surface area (TPSA) is 39.0 Å². The van der Waals surface area contributed by atoms with Crippen LogP contribution in [0.5, 0.6) is 0 Å². The van der Waals surface area contributed by atoms with Gasteiger partial charge in [-0.1, -0.05) is 67.7 Å². The lowest BCUT2D eigenvalue weighted by Crippen LogP contribution is -2.40. The normalized spacial score (nSPS) is 11.7. The van der Waals surface area contributed by atoms with Crippen LogP contribution in [0, 0.1) is 13.8 Å². The van der Waals surface area contributed by atoms with Crippen LogP contribution < -0.4 is 15.0 Å². The van der Waals surface area contributed by atoms with Gasteiger partial charge in [0.2, 0.25) is 5.70 Å². The molecule has 1 N–H and O–H groups in total. The second-order valence-electron chi connectivity index (χ2n) is 6.73. The fraction of sp³-hybridized carbons (Fsp3) is 0.167. The minimum absolute atomic E-state index is 0.109. The van der Waals surface area contributed by atoms with Crippen LogP contribution in [0.1, 0.15) is 29.2 Å². The number of rotatable bonds is 5. The highest BCUT2D eigenvalue weighted by Gasteiger charge is 2.19. The lowest BCUT2D eigenvalue weighted by molar-refractivity contribution is -0.577. The Morgan fingerprint density at radius 1 is 0.929 bits per heavy atom. The summed E-state index contributed by atoms with van der Waals surface area (Å²) in [4.78, 5) is 0.401. The van der Waals surface area contributed by atoms with Crippen LogP contribution in [0.15, 0.2) is 73.1 Å². The van der Waals surface area contributed by atoms with Crippen molar-refractivity contribution < 1.29 is 9.67 Å². The summed E-state index contributed by atoms with van der Waals surface area (Å²) in [5, 5.41) is 16.7. The second-order valence-corrected chi connectivity index (χ2v) is 7.14. The Hall–Kier alpha value is -2.98. The van der Waals surface area contributed by atoms with E-state index < -0.39 is 0 Å². The van der Waals surface area contributed by atoms with Crippen molar-refractivity contribution in [3.8, 4) is 0 Å². The van der Waals surface area contributed by atoms with Gasteiger partial charge < -0.3 is 10.4 Å². The van der Waals surface area contributed by atoms with Crippen LogP contribution in [-0.2, 0) is 6.42 Å². The summed E-state index contributed by atoms with van der Waals surface area (Å²) >= 11 is 5.69. The van der Waals surface area contributed by atoms with E-state index in [4.69, 9.17) is 12.2 Å². The number of para-hydroxylation sites is 1. The molecule has 0 bridgehead atoms. The molecule has 3 rings (SSSR count). The summed E-state index contributed by atoms with van der Waals surface area (Å²) in [7, 11) is 0.